The van der Waals surface area contributed by atoms with Gasteiger partial charge >= 0.3 is 5.97 Å². The van der Waals surface area contributed by atoms with Gasteiger partial charge in [0.1, 0.15) is 0 Å². The largest absolute Gasteiger partial charge is 0.465 e. The normalized spacial score (nSPS) is 13.8. The van der Waals surface area contributed by atoms with E-state index in [1.807, 2.05) is 6.92 Å². The fraction of sp³-hybridized carbons (Fsp3) is 0.955. The summed E-state index contributed by atoms with van der Waals surface area (Å²) in [6.07, 6.45) is 12.8. The van der Waals surface area contributed by atoms with Crippen LogP contribution >= 0.6 is 0 Å². The highest BCUT2D eigenvalue weighted by molar-refractivity contribution is 5.71. The van der Waals surface area contributed by atoms with Crippen LogP contribution in [0.25, 0.3) is 0 Å². The van der Waals surface area contributed by atoms with Crippen LogP contribution in [0.15, 0.2) is 0 Å². The highest BCUT2D eigenvalue weighted by atomic mass is 16.5. The van der Waals surface area contributed by atoms with E-state index in [0.717, 1.165) is 25.8 Å². The van der Waals surface area contributed by atoms with Crippen LogP contribution in [-0.4, -0.2) is 36.9 Å². The van der Waals surface area contributed by atoms with E-state index < -0.39 is 0 Å². The van der Waals surface area contributed by atoms with Crippen LogP contribution in [0.4, 0.5) is 0 Å². The maximum Gasteiger partial charge on any atom is 0.308 e. The van der Waals surface area contributed by atoms with Gasteiger partial charge in [-0.1, -0.05) is 72.1 Å². The third kappa shape index (κ3) is 14.5. The number of aliphatic hydroxyl groups excluding tert-OH is 1. The van der Waals surface area contributed by atoms with Crippen molar-refractivity contribution < 1.29 is 14.6 Å². The van der Waals surface area contributed by atoms with Crippen molar-refractivity contribution in [2.24, 2.45) is 11.8 Å². The fourth-order valence-corrected chi connectivity index (χ4v) is 3.40. The molecule has 4 nitrogen and oxygen atoms in total. The van der Waals surface area contributed by atoms with Crippen LogP contribution in [0.3, 0.4) is 0 Å². The average molecular weight is 372 g/mol. The molecule has 4 heteroatoms. The van der Waals surface area contributed by atoms with Crippen molar-refractivity contribution in [2.45, 2.75) is 104 Å². The van der Waals surface area contributed by atoms with Gasteiger partial charge in [-0.05, 0) is 38.6 Å². The van der Waals surface area contributed by atoms with Gasteiger partial charge in [-0.3, -0.25) is 4.79 Å². The van der Waals surface area contributed by atoms with Gasteiger partial charge in [-0.2, -0.15) is 0 Å². The Morgan fingerprint density at radius 3 is 2.12 bits per heavy atom. The fourth-order valence-electron chi connectivity index (χ4n) is 3.40. The van der Waals surface area contributed by atoms with E-state index in [9.17, 15) is 4.79 Å². The summed E-state index contributed by atoms with van der Waals surface area (Å²) in [6.45, 7) is 10.1. The van der Waals surface area contributed by atoms with Gasteiger partial charge in [0.05, 0.1) is 12.5 Å². The molecule has 0 aromatic carbocycles. The van der Waals surface area contributed by atoms with E-state index in [4.69, 9.17) is 9.84 Å². The van der Waals surface area contributed by atoms with Gasteiger partial charge in [-0.15, -0.1) is 0 Å². The van der Waals surface area contributed by atoms with Crippen LogP contribution in [0, 0.1) is 11.8 Å². The van der Waals surface area contributed by atoms with Gasteiger partial charge in [0.15, 0.2) is 0 Å². The van der Waals surface area contributed by atoms with Gasteiger partial charge in [0, 0.05) is 12.6 Å². The van der Waals surface area contributed by atoms with Gasteiger partial charge < -0.3 is 15.2 Å². The van der Waals surface area contributed by atoms with Crippen LogP contribution < -0.4 is 5.32 Å². The smallest absolute Gasteiger partial charge is 0.308 e. The second kappa shape index (κ2) is 17.8. The predicted octanol–water partition coefficient (Wildman–Crippen LogP) is 5.08. The van der Waals surface area contributed by atoms with E-state index in [1.165, 1.54) is 51.4 Å². The number of esters is 1. The van der Waals surface area contributed by atoms with Crippen molar-refractivity contribution in [3.63, 3.8) is 0 Å². The Labute approximate surface area is 162 Å². The van der Waals surface area contributed by atoms with Crippen molar-refractivity contribution in [1.29, 1.82) is 0 Å². The molecule has 2 unspecified atom stereocenters. The first-order valence-electron chi connectivity index (χ1n) is 11.1. The topological polar surface area (TPSA) is 58.6 Å². The van der Waals surface area contributed by atoms with Crippen molar-refractivity contribution in [2.75, 3.05) is 19.8 Å². The summed E-state index contributed by atoms with van der Waals surface area (Å²) in [5.41, 5.74) is 0. The third-order valence-corrected chi connectivity index (χ3v) is 5.14. The highest BCUT2D eigenvalue weighted by Crippen LogP contribution is 2.21. The first-order chi connectivity index (χ1) is 12.5. The summed E-state index contributed by atoms with van der Waals surface area (Å²) >= 11 is 0. The monoisotopic (exact) mass is 371 g/mol. The zero-order valence-corrected chi connectivity index (χ0v) is 17.9. The zero-order chi connectivity index (χ0) is 19.6. The lowest BCUT2D eigenvalue weighted by molar-refractivity contribution is -0.148. The number of nitrogens with one attached hydrogen (secondary N) is 1. The van der Waals surface area contributed by atoms with E-state index in [2.05, 4.69) is 26.1 Å². The van der Waals surface area contributed by atoms with E-state index in [-0.39, 0.29) is 24.5 Å². The summed E-state index contributed by atoms with van der Waals surface area (Å²) in [7, 11) is 0. The molecular formula is C22H45NO3. The second-order valence-electron chi connectivity index (χ2n) is 7.88. The SMILES string of the molecule is CCCCCC(CCCCC)CCOC(=O)C(C)CC(C)NCCCO. The summed E-state index contributed by atoms with van der Waals surface area (Å²) in [5, 5.41) is 12.1. The van der Waals surface area contributed by atoms with Crippen LogP contribution in [0.1, 0.15) is 98.3 Å². The molecule has 0 spiro atoms. The highest BCUT2D eigenvalue weighted by Gasteiger charge is 2.18. The molecule has 0 amide bonds. The van der Waals surface area contributed by atoms with E-state index in [0.29, 0.717) is 12.5 Å². The first-order valence-corrected chi connectivity index (χ1v) is 11.1. The molecule has 0 saturated carbocycles. The summed E-state index contributed by atoms with van der Waals surface area (Å²) < 4.78 is 5.57. The molecular weight excluding hydrogens is 326 g/mol. The van der Waals surface area contributed by atoms with E-state index >= 15 is 0 Å². The molecule has 0 rings (SSSR count). The Morgan fingerprint density at radius 2 is 1.58 bits per heavy atom. The quantitative estimate of drug-likeness (QED) is 0.260. The average Bonchev–Trinajstić information content (AvgIpc) is 2.61. The molecule has 2 N–H and O–H groups in total. The summed E-state index contributed by atoms with van der Waals surface area (Å²) in [4.78, 5) is 12.2. The number of carbonyl (C=O) groups excluding carboxylic acids is 1. The number of hydrogen-bond acceptors (Lipinski definition) is 4. The van der Waals surface area contributed by atoms with Crippen molar-refractivity contribution in [3.05, 3.63) is 0 Å². The molecule has 0 aromatic heterocycles. The minimum Gasteiger partial charge on any atom is -0.465 e. The zero-order valence-electron chi connectivity index (χ0n) is 17.9. The molecule has 0 fully saturated rings. The standard InChI is InChI=1S/C22H45NO3/c1-5-7-9-12-21(13-10-8-6-2)14-17-26-22(25)19(3)18-20(4)23-15-11-16-24/h19-21,23-24H,5-18H2,1-4H3. The molecule has 156 valence electrons. The van der Waals surface area contributed by atoms with Crippen LogP contribution in [0.2, 0.25) is 0 Å². The molecule has 0 aliphatic heterocycles. The molecule has 0 heterocycles. The molecule has 0 saturated heterocycles. The Balaban J connectivity index is 4.05. The van der Waals surface area contributed by atoms with Crippen LogP contribution in [-0.2, 0) is 9.53 Å². The molecule has 0 aromatic rings. The van der Waals surface area contributed by atoms with Crippen LogP contribution in [0.5, 0.6) is 0 Å². The van der Waals surface area contributed by atoms with Crippen molar-refractivity contribution in [3.8, 4) is 0 Å². The Bertz CT molecular complexity index is 313. The lowest BCUT2D eigenvalue weighted by Gasteiger charge is -2.19. The van der Waals surface area contributed by atoms with Gasteiger partial charge in [0.2, 0.25) is 0 Å². The molecule has 0 radical (unpaired) electrons. The first kappa shape index (κ1) is 25.4. The number of rotatable bonds is 18. The molecule has 26 heavy (non-hydrogen) atoms. The molecule has 0 aliphatic rings. The maximum absolute atomic E-state index is 12.2. The Hall–Kier alpha value is -0.610. The number of ether oxygens (including phenoxy) is 1. The minimum absolute atomic E-state index is 0.0679. The van der Waals surface area contributed by atoms with Crippen molar-refractivity contribution in [1.82, 2.24) is 5.32 Å². The number of unbranched alkanes of at least 4 members (excludes halogenated alkanes) is 4. The second-order valence-corrected chi connectivity index (χ2v) is 7.88. The van der Waals surface area contributed by atoms with E-state index in [1.54, 1.807) is 0 Å². The third-order valence-electron chi connectivity index (χ3n) is 5.14. The summed E-state index contributed by atoms with van der Waals surface area (Å²) in [5.74, 6) is 0.558. The molecule has 0 bridgehead atoms. The molecule has 0 aliphatic carbocycles. The number of aliphatic hydroxyl groups is 1. The van der Waals surface area contributed by atoms with Gasteiger partial charge in [0.25, 0.3) is 0 Å². The summed E-state index contributed by atoms with van der Waals surface area (Å²) in [6, 6.07) is 0.264. The van der Waals surface area contributed by atoms with Gasteiger partial charge in [-0.25, -0.2) is 0 Å². The molecule has 2 atom stereocenters. The number of hydrogen-bond donors (Lipinski definition) is 2. The Kier molecular flexibility index (Phi) is 17.4. The predicted molar refractivity (Wildman–Crippen MR) is 110 cm³/mol. The minimum atomic E-state index is -0.0785. The lowest BCUT2D eigenvalue weighted by atomic mass is 9.92. The Morgan fingerprint density at radius 1 is 0.962 bits per heavy atom. The van der Waals surface area contributed by atoms with Crippen molar-refractivity contribution >= 4 is 5.97 Å². The maximum atomic E-state index is 12.2. The lowest BCUT2D eigenvalue weighted by Crippen LogP contribution is -2.31. The number of carbonyl (C=O) groups is 1.